The van der Waals surface area contributed by atoms with Crippen molar-refractivity contribution in [2.75, 3.05) is 26.2 Å². The van der Waals surface area contributed by atoms with Crippen molar-refractivity contribution < 1.29 is 5.11 Å². The summed E-state index contributed by atoms with van der Waals surface area (Å²) in [4.78, 5) is 2.60. The van der Waals surface area contributed by atoms with Crippen LogP contribution >= 0.6 is 0 Å². The summed E-state index contributed by atoms with van der Waals surface area (Å²) in [5.41, 5.74) is 0.0308. The molecule has 2 unspecified atom stereocenters. The predicted octanol–water partition coefficient (Wildman–Crippen LogP) is 0.975. The SMILES string of the molecule is OCC1(NCC2CC2)CCN2CCCCC21. The molecule has 0 aromatic rings. The Bertz CT molecular complexity index is 254. The van der Waals surface area contributed by atoms with E-state index in [9.17, 15) is 5.11 Å². The average molecular weight is 224 g/mol. The molecule has 2 saturated heterocycles. The first kappa shape index (κ1) is 11.0. The molecule has 2 atom stereocenters. The maximum Gasteiger partial charge on any atom is 0.0629 e. The Balaban J connectivity index is 1.67. The van der Waals surface area contributed by atoms with Gasteiger partial charge in [0.05, 0.1) is 12.1 Å². The standard InChI is InChI=1S/C13H24N2O/c16-10-13(14-9-11-4-5-11)6-8-15-7-2-1-3-12(13)15/h11-12,14,16H,1-10H2. The van der Waals surface area contributed by atoms with Crippen molar-refractivity contribution in [2.45, 2.75) is 50.1 Å². The first-order valence-corrected chi connectivity index (χ1v) is 6.94. The number of hydrogen-bond donors (Lipinski definition) is 2. The zero-order chi connectivity index (χ0) is 11.0. The van der Waals surface area contributed by atoms with Crippen LogP contribution in [0.5, 0.6) is 0 Å². The summed E-state index contributed by atoms with van der Waals surface area (Å²) in [6.07, 6.45) is 7.89. The fourth-order valence-corrected chi connectivity index (χ4v) is 3.51. The fraction of sp³-hybridized carbons (Fsp3) is 1.00. The van der Waals surface area contributed by atoms with Gasteiger partial charge in [-0.1, -0.05) is 6.42 Å². The molecule has 3 heteroatoms. The van der Waals surface area contributed by atoms with Gasteiger partial charge in [-0.3, -0.25) is 4.90 Å². The highest BCUT2D eigenvalue weighted by Gasteiger charge is 2.47. The lowest BCUT2D eigenvalue weighted by Gasteiger charge is -2.40. The van der Waals surface area contributed by atoms with Gasteiger partial charge in [0.25, 0.3) is 0 Å². The van der Waals surface area contributed by atoms with Crippen LogP contribution < -0.4 is 5.32 Å². The van der Waals surface area contributed by atoms with E-state index < -0.39 is 0 Å². The van der Waals surface area contributed by atoms with Crippen molar-refractivity contribution in [3.63, 3.8) is 0 Å². The minimum atomic E-state index is 0.0308. The Hall–Kier alpha value is -0.120. The van der Waals surface area contributed by atoms with E-state index >= 15 is 0 Å². The normalized spacial score (nSPS) is 39.9. The number of fused-ring (bicyclic) bond motifs is 1. The second-order valence-corrected chi connectivity index (χ2v) is 5.94. The predicted molar refractivity (Wildman–Crippen MR) is 64.4 cm³/mol. The molecule has 2 aliphatic heterocycles. The van der Waals surface area contributed by atoms with Crippen molar-refractivity contribution in [3.05, 3.63) is 0 Å². The lowest BCUT2D eigenvalue weighted by Crippen LogP contribution is -2.58. The molecule has 1 saturated carbocycles. The number of nitrogens with zero attached hydrogens (tertiary/aromatic N) is 1. The highest BCUT2D eigenvalue weighted by Crippen LogP contribution is 2.36. The van der Waals surface area contributed by atoms with E-state index in [1.807, 2.05) is 0 Å². The van der Waals surface area contributed by atoms with Gasteiger partial charge in [-0.25, -0.2) is 0 Å². The quantitative estimate of drug-likeness (QED) is 0.747. The summed E-state index contributed by atoms with van der Waals surface area (Å²) in [5, 5.41) is 13.5. The van der Waals surface area contributed by atoms with Crippen LogP contribution in [0.15, 0.2) is 0 Å². The van der Waals surface area contributed by atoms with Gasteiger partial charge in [0, 0.05) is 12.6 Å². The van der Waals surface area contributed by atoms with Gasteiger partial charge in [0.1, 0.15) is 0 Å². The fourth-order valence-electron chi connectivity index (χ4n) is 3.51. The van der Waals surface area contributed by atoms with E-state index in [0.29, 0.717) is 12.6 Å². The molecule has 92 valence electrons. The van der Waals surface area contributed by atoms with Crippen molar-refractivity contribution >= 4 is 0 Å². The Morgan fingerprint density at radius 3 is 2.81 bits per heavy atom. The molecule has 0 spiro atoms. The first-order valence-electron chi connectivity index (χ1n) is 6.94. The minimum Gasteiger partial charge on any atom is -0.394 e. The van der Waals surface area contributed by atoms with E-state index in [1.165, 1.54) is 45.2 Å². The van der Waals surface area contributed by atoms with Crippen molar-refractivity contribution in [1.29, 1.82) is 0 Å². The van der Waals surface area contributed by atoms with Gasteiger partial charge in [-0.15, -0.1) is 0 Å². The molecular weight excluding hydrogens is 200 g/mol. The van der Waals surface area contributed by atoms with Crippen molar-refractivity contribution in [1.82, 2.24) is 10.2 Å². The number of nitrogens with one attached hydrogen (secondary N) is 1. The summed E-state index contributed by atoms with van der Waals surface area (Å²) >= 11 is 0. The van der Waals surface area contributed by atoms with Crippen LogP contribution in [0.1, 0.15) is 38.5 Å². The van der Waals surface area contributed by atoms with Crippen LogP contribution in [-0.4, -0.2) is 47.8 Å². The van der Waals surface area contributed by atoms with Crippen LogP contribution in [0.25, 0.3) is 0 Å². The molecule has 1 aliphatic carbocycles. The molecule has 0 amide bonds. The summed E-state index contributed by atoms with van der Waals surface area (Å²) in [7, 11) is 0. The number of aliphatic hydroxyl groups excluding tert-OH is 1. The Morgan fingerprint density at radius 1 is 1.19 bits per heavy atom. The summed E-state index contributed by atoms with van der Waals surface area (Å²) in [5.74, 6) is 0.904. The van der Waals surface area contributed by atoms with Crippen LogP contribution in [0.2, 0.25) is 0 Å². The third-order valence-electron chi connectivity index (χ3n) is 4.82. The third-order valence-corrected chi connectivity index (χ3v) is 4.82. The van der Waals surface area contributed by atoms with Crippen molar-refractivity contribution in [3.8, 4) is 0 Å². The zero-order valence-electron chi connectivity index (χ0n) is 10.1. The van der Waals surface area contributed by atoms with Crippen LogP contribution in [-0.2, 0) is 0 Å². The maximum atomic E-state index is 9.80. The maximum absolute atomic E-state index is 9.80. The molecule has 3 aliphatic rings. The Kier molecular flexibility index (Phi) is 2.94. The van der Waals surface area contributed by atoms with E-state index in [0.717, 1.165) is 18.9 Å². The molecule has 3 nitrogen and oxygen atoms in total. The average Bonchev–Trinajstić information content (AvgIpc) is 3.09. The number of hydrogen-bond acceptors (Lipinski definition) is 3. The second-order valence-electron chi connectivity index (χ2n) is 5.94. The summed E-state index contributed by atoms with van der Waals surface area (Å²) in [6.45, 7) is 3.88. The lowest BCUT2D eigenvalue weighted by molar-refractivity contribution is 0.0867. The topological polar surface area (TPSA) is 35.5 Å². The molecule has 0 bridgehead atoms. The van der Waals surface area contributed by atoms with Gasteiger partial charge in [0.15, 0.2) is 0 Å². The molecular formula is C13H24N2O. The van der Waals surface area contributed by atoms with Gasteiger partial charge in [-0.2, -0.15) is 0 Å². The van der Waals surface area contributed by atoms with Gasteiger partial charge in [0.2, 0.25) is 0 Å². The smallest absolute Gasteiger partial charge is 0.0629 e. The first-order chi connectivity index (χ1) is 7.84. The van der Waals surface area contributed by atoms with E-state index in [4.69, 9.17) is 0 Å². The lowest BCUT2D eigenvalue weighted by atomic mass is 9.86. The molecule has 16 heavy (non-hydrogen) atoms. The van der Waals surface area contributed by atoms with E-state index in [-0.39, 0.29) is 5.54 Å². The van der Waals surface area contributed by atoms with Crippen LogP contribution in [0.4, 0.5) is 0 Å². The summed E-state index contributed by atoms with van der Waals surface area (Å²) in [6, 6.07) is 0.602. The Labute approximate surface area is 98.2 Å². The number of aliphatic hydroxyl groups is 1. The molecule has 2 heterocycles. The minimum absolute atomic E-state index is 0.0308. The molecule has 3 fully saturated rings. The number of piperidine rings is 1. The highest BCUT2D eigenvalue weighted by atomic mass is 16.3. The molecule has 0 aromatic carbocycles. The zero-order valence-corrected chi connectivity index (χ0v) is 10.1. The second kappa shape index (κ2) is 4.28. The molecule has 3 rings (SSSR count). The van der Waals surface area contributed by atoms with Gasteiger partial charge >= 0.3 is 0 Å². The van der Waals surface area contributed by atoms with Crippen molar-refractivity contribution in [2.24, 2.45) is 5.92 Å². The van der Waals surface area contributed by atoms with E-state index in [2.05, 4.69) is 10.2 Å². The van der Waals surface area contributed by atoms with Gasteiger partial charge < -0.3 is 10.4 Å². The third kappa shape index (κ3) is 1.89. The molecule has 0 aromatic heterocycles. The highest BCUT2D eigenvalue weighted by molar-refractivity contribution is 5.07. The molecule has 2 N–H and O–H groups in total. The Morgan fingerprint density at radius 2 is 2.06 bits per heavy atom. The van der Waals surface area contributed by atoms with Crippen LogP contribution in [0, 0.1) is 5.92 Å². The van der Waals surface area contributed by atoms with Gasteiger partial charge in [-0.05, 0) is 51.1 Å². The monoisotopic (exact) mass is 224 g/mol. The molecule has 0 radical (unpaired) electrons. The number of rotatable bonds is 4. The van der Waals surface area contributed by atoms with E-state index in [1.54, 1.807) is 0 Å². The van der Waals surface area contributed by atoms with Crippen LogP contribution in [0.3, 0.4) is 0 Å². The largest absolute Gasteiger partial charge is 0.394 e. The summed E-state index contributed by atoms with van der Waals surface area (Å²) < 4.78 is 0.